The van der Waals surface area contributed by atoms with Crippen molar-refractivity contribution in [3.05, 3.63) is 70.8 Å². The van der Waals surface area contributed by atoms with Crippen molar-refractivity contribution in [2.24, 2.45) is 0 Å². The zero-order chi connectivity index (χ0) is 14.6. The van der Waals surface area contributed by atoms with Gasteiger partial charge in [-0.1, -0.05) is 55.5 Å². The van der Waals surface area contributed by atoms with Crippen molar-refractivity contribution in [1.82, 2.24) is 0 Å². The molecule has 2 rings (SSSR count). The summed E-state index contributed by atoms with van der Waals surface area (Å²) >= 11 is 0. The van der Waals surface area contributed by atoms with Crippen LogP contribution in [-0.2, 0) is 12.8 Å². The molecule has 0 heterocycles. The van der Waals surface area contributed by atoms with E-state index < -0.39 is 5.60 Å². The molecule has 0 saturated carbocycles. The minimum atomic E-state index is -0.668. The van der Waals surface area contributed by atoms with Gasteiger partial charge in [0.1, 0.15) is 0 Å². The summed E-state index contributed by atoms with van der Waals surface area (Å²) in [5.74, 6) is 0. The standard InChI is InChI=1S/C19H24O/c1-4-19(20,13-17-11-6-5-7-12-17)14-18-15(2)9-8-10-16(18)3/h5-12,20H,4,13-14H2,1-3H3. The molecule has 0 amide bonds. The van der Waals surface area contributed by atoms with E-state index in [1.807, 2.05) is 18.2 Å². The van der Waals surface area contributed by atoms with Gasteiger partial charge in [0.05, 0.1) is 5.60 Å². The molecule has 0 aliphatic carbocycles. The van der Waals surface area contributed by atoms with Crippen molar-refractivity contribution < 1.29 is 5.11 Å². The van der Waals surface area contributed by atoms with Gasteiger partial charge < -0.3 is 5.11 Å². The second kappa shape index (κ2) is 6.23. The van der Waals surface area contributed by atoms with Crippen LogP contribution in [0.4, 0.5) is 0 Å². The molecule has 1 unspecified atom stereocenters. The zero-order valence-corrected chi connectivity index (χ0v) is 12.7. The van der Waals surface area contributed by atoms with Crippen LogP contribution in [0.15, 0.2) is 48.5 Å². The summed E-state index contributed by atoms with van der Waals surface area (Å²) in [5.41, 5.74) is 4.35. The largest absolute Gasteiger partial charge is 0.389 e. The van der Waals surface area contributed by atoms with Crippen LogP contribution in [-0.4, -0.2) is 10.7 Å². The van der Waals surface area contributed by atoms with Crippen LogP contribution in [0, 0.1) is 13.8 Å². The quantitative estimate of drug-likeness (QED) is 0.860. The summed E-state index contributed by atoms with van der Waals surface area (Å²) in [6, 6.07) is 16.6. The molecule has 20 heavy (non-hydrogen) atoms. The molecule has 0 fully saturated rings. The Morgan fingerprint density at radius 3 is 2.00 bits per heavy atom. The van der Waals surface area contributed by atoms with E-state index in [2.05, 4.69) is 51.1 Å². The highest BCUT2D eigenvalue weighted by molar-refractivity contribution is 5.35. The van der Waals surface area contributed by atoms with Crippen LogP contribution in [0.2, 0.25) is 0 Å². The maximum atomic E-state index is 11.0. The number of benzene rings is 2. The third kappa shape index (κ3) is 3.49. The predicted octanol–water partition coefficient (Wildman–Crippen LogP) is 4.23. The summed E-state index contributed by atoms with van der Waals surface area (Å²) in [7, 11) is 0. The number of hydrogen-bond donors (Lipinski definition) is 1. The lowest BCUT2D eigenvalue weighted by Crippen LogP contribution is -2.34. The third-order valence-corrected chi connectivity index (χ3v) is 4.18. The lowest BCUT2D eigenvalue weighted by Gasteiger charge is -2.28. The van der Waals surface area contributed by atoms with Crippen molar-refractivity contribution in [3.8, 4) is 0 Å². The van der Waals surface area contributed by atoms with Gasteiger partial charge in [0.15, 0.2) is 0 Å². The van der Waals surface area contributed by atoms with Crippen LogP contribution in [0.3, 0.4) is 0 Å². The Hall–Kier alpha value is -1.60. The Kier molecular flexibility index (Phi) is 4.61. The topological polar surface area (TPSA) is 20.2 Å². The van der Waals surface area contributed by atoms with Gasteiger partial charge in [0, 0.05) is 12.8 Å². The summed E-state index contributed by atoms with van der Waals surface area (Å²) in [6.45, 7) is 6.32. The Labute approximate surface area is 122 Å². The van der Waals surface area contributed by atoms with E-state index in [0.29, 0.717) is 6.42 Å². The van der Waals surface area contributed by atoms with E-state index in [1.165, 1.54) is 22.3 Å². The first-order valence-corrected chi connectivity index (χ1v) is 7.35. The van der Waals surface area contributed by atoms with Gasteiger partial charge in [-0.3, -0.25) is 0 Å². The lowest BCUT2D eigenvalue weighted by molar-refractivity contribution is 0.0365. The van der Waals surface area contributed by atoms with E-state index in [9.17, 15) is 5.11 Å². The van der Waals surface area contributed by atoms with E-state index in [0.717, 1.165) is 12.8 Å². The molecule has 0 bridgehead atoms. The monoisotopic (exact) mass is 268 g/mol. The fraction of sp³-hybridized carbons (Fsp3) is 0.368. The second-order valence-electron chi connectivity index (χ2n) is 5.79. The number of aliphatic hydroxyl groups is 1. The van der Waals surface area contributed by atoms with Crippen LogP contribution < -0.4 is 0 Å². The van der Waals surface area contributed by atoms with Crippen LogP contribution >= 0.6 is 0 Å². The minimum absolute atomic E-state index is 0.668. The Morgan fingerprint density at radius 1 is 0.850 bits per heavy atom. The van der Waals surface area contributed by atoms with E-state index in [4.69, 9.17) is 0 Å². The summed E-state index contributed by atoms with van der Waals surface area (Å²) in [6.07, 6.45) is 2.19. The van der Waals surface area contributed by atoms with E-state index in [-0.39, 0.29) is 0 Å². The highest BCUT2D eigenvalue weighted by Gasteiger charge is 2.26. The molecule has 2 aromatic rings. The van der Waals surface area contributed by atoms with Crippen LogP contribution in [0.25, 0.3) is 0 Å². The fourth-order valence-corrected chi connectivity index (χ4v) is 2.75. The van der Waals surface area contributed by atoms with Crippen molar-refractivity contribution in [3.63, 3.8) is 0 Å². The highest BCUT2D eigenvalue weighted by atomic mass is 16.3. The molecule has 2 aromatic carbocycles. The molecule has 0 aromatic heterocycles. The summed E-state index contributed by atoms with van der Waals surface area (Å²) in [5, 5.41) is 11.0. The first-order chi connectivity index (χ1) is 9.54. The molecule has 0 saturated heterocycles. The van der Waals surface area contributed by atoms with Gasteiger partial charge in [-0.15, -0.1) is 0 Å². The highest BCUT2D eigenvalue weighted by Crippen LogP contribution is 2.26. The molecule has 1 N–H and O–H groups in total. The molecule has 106 valence electrons. The summed E-state index contributed by atoms with van der Waals surface area (Å²) < 4.78 is 0. The Balaban J connectivity index is 2.23. The van der Waals surface area contributed by atoms with Crippen molar-refractivity contribution in [2.75, 3.05) is 0 Å². The van der Waals surface area contributed by atoms with E-state index >= 15 is 0 Å². The first-order valence-electron chi connectivity index (χ1n) is 7.35. The number of aryl methyl sites for hydroxylation is 2. The normalized spacial score (nSPS) is 14.0. The maximum absolute atomic E-state index is 11.0. The van der Waals surface area contributed by atoms with Gasteiger partial charge in [-0.05, 0) is 42.5 Å². The smallest absolute Gasteiger partial charge is 0.0725 e. The number of hydrogen-bond acceptors (Lipinski definition) is 1. The molecular weight excluding hydrogens is 244 g/mol. The Morgan fingerprint density at radius 2 is 1.45 bits per heavy atom. The predicted molar refractivity (Wildman–Crippen MR) is 85.0 cm³/mol. The fourth-order valence-electron chi connectivity index (χ4n) is 2.75. The molecule has 0 radical (unpaired) electrons. The molecule has 0 aliphatic heterocycles. The minimum Gasteiger partial charge on any atom is -0.389 e. The number of rotatable bonds is 5. The molecule has 1 heteroatoms. The second-order valence-corrected chi connectivity index (χ2v) is 5.79. The van der Waals surface area contributed by atoms with Crippen molar-refractivity contribution in [2.45, 2.75) is 45.6 Å². The van der Waals surface area contributed by atoms with Crippen LogP contribution in [0.5, 0.6) is 0 Å². The molecule has 1 nitrogen and oxygen atoms in total. The maximum Gasteiger partial charge on any atom is 0.0725 e. The average Bonchev–Trinajstić information content (AvgIpc) is 2.44. The van der Waals surface area contributed by atoms with Crippen molar-refractivity contribution in [1.29, 1.82) is 0 Å². The van der Waals surface area contributed by atoms with Gasteiger partial charge in [-0.2, -0.15) is 0 Å². The van der Waals surface area contributed by atoms with Gasteiger partial charge in [0.25, 0.3) is 0 Å². The first kappa shape index (κ1) is 14.8. The van der Waals surface area contributed by atoms with Gasteiger partial charge in [-0.25, -0.2) is 0 Å². The third-order valence-electron chi connectivity index (χ3n) is 4.18. The molecular formula is C19H24O. The Bertz CT molecular complexity index is 539. The van der Waals surface area contributed by atoms with E-state index in [1.54, 1.807) is 0 Å². The molecule has 0 spiro atoms. The van der Waals surface area contributed by atoms with Crippen LogP contribution in [0.1, 0.15) is 35.6 Å². The average molecular weight is 268 g/mol. The van der Waals surface area contributed by atoms with Crippen molar-refractivity contribution >= 4 is 0 Å². The van der Waals surface area contributed by atoms with Gasteiger partial charge in [0.2, 0.25) is 0 Å². The molecule has 0 aliphatic rings. The van der Waals surface area contributed by atoms with Gasteiger partial charge >= 0.3 is 0 Å². The lowest BCUT2D eigenvalue weighted by atomic mass is 9.83. The zero-order valence-electron chi connectivity index (χ0n) is 12.7. The summed E-state index contributed by atoms with van der Waals surface area (Å²) in [4.78, 5) is 0. The SMILES string of the molecule is CCC(O)(Cc1ccccc1)Cc1c(C)cccc1C. The molecule has 1 atom stereocenters.